The summed E-state index contributed by atoms with van der Waals surface area (Å²) in [6.45, 7) is 2.61. The van der Waals surface area contributed by atoms with Crippen molar-refractivity contribution < 1.29 is 4.79 Å². The van der Waals surface area contributed by atoms with Crippen LogP contribution in [0.15, 0.2) is 29.2 Å². The molecule has 1 N–H and O–H groups in total. The maximum Gasteiger partial charge on any atom is 0.255 e. The Bertz CT molecular complexity index is 887. The number of rotatable bonds is 4. The number of aromatic nitrogens is 3. The zero-order valence-corrected chi connectivity index (χ0v) is 16.5. The average molecular weight is 380 g/mol. The summed E-state index contributed by atoms with van der Waals surface area (Å²) in [5.41, 5.74) is 1.46. The van der Waals surface area contributed by atoms with E-state index in [1.165, 1.54) is 32.1 Å². The molecule has 4 rings (SSSR count). The van der Waals surface area contributed by atoms with Crippen LogP contribution in [0.2, 0.25) is 0 Å². The molecule has 1 saturated carbocycles. The Labute approximate surface area is 165 Å². The summed E-state index contributed by atoms with van der Waals surface area (Å²) in [6.07, 6.45) is 10.3. The highest BCUT2D eigenvalue weighted by Gasteiger charge is 2.35. The summed E-state index contributed by atoms with van der Waals surface area (Å²) >= 11 is 0. The van der Waals surface area contributed by atoms with Crippen molar-refractivity contribution in [3.05, 3.63) is 46.0 Å². The molecule has 2 fully saturated rings. The van der Waals surface area contributed by atoms with Crippen LogP contribution in [0.4, 0.5) is 0 Å². The lowest BCUT2D eigenvalue weighted by atomic mass is 9.83. The summed E-state index contributed by atoms with van der Waals surface area (Å²) in [5, 5.41) is 0. The summed E-state index contributed by atoms with van der Waals surface area (Å²) in [5.74, 6) is 1.14. The quantitative estimate of drug-likeness (QED) is 0.883. The predicted molar refractivity (Wildman–Crippen MR) is 108 cm³/mol. The first-order valence-corrected chi connectivity index (χ1v) is 10.4. The lowest BCUT2D eigenvalue weighted by molar-refractivity contribution is -0.132. The molecule has 1 saturated heterocycles. The second kappa shape index (κ2) is 8.25. The van der Waals surface area contributed by atoms with Crippen molar-refractivity contribution in [3.63, 3.8) is 0 Å². The number of likely N-dealkylation sites (tertiary alicyclic amines) is 1. The van der Waals surface area contributed by atoms with Gasteiger partial charge in [-0.15, -0.1) is 0 Å². The van der Waals surface area contributed by atoms with Crippen LogP contribution in [0.25, 0.3) is 11.5 Å². The van der Waals surface area contributed by atoms with Crippen LogP contribution in [0.3, 0.4) is 0 Å². The number of carbonyl (C=O) groups is 1. The van der Waals surface area contributed by atoms with Gasteiger partial charge in [-0.05, 0) is 50.7 Å². The van der Waals surface area contributed by atoms with Gasteiger partial charge < -0.3 is 9.88 Å². The third-order valence-electron chi connectivity index (χ3n) is 6.27. The van der Waals surface area contributed by atoms with Gasteiger partial charge in [0.2, 0.25) is 5.91 Å². The van der Waals surface area contributed by atoms with E-state index in [2.05, 4.69) is 15.0 Å². The van der Waals surface area contributed by atoms with E-state index in [9.17, 15) is 9.59 Å². The summed E-state index contributed by atoms with van der Waals surface area (Å²) in [4.78, 5) is 39.3. The maximum absolute atomic E-state index is 13.1. The largest absolute Gasteiger partial charge is 0.339 e. The SMILES string of the molecule is Cc1nc(-c2ccccn2)[nH]c(=O)c1CC(=O)N1CCC[C@H]1C1CCCCC1. The molecule has 148 valence electrons. The highest BCUT2D eigenvalue weighted by molar-refractivity contribution is 5.79. The van der Waals surface area contributed by atoms with Gasteiger partial charge in [0.15, 0.2) is 5.82 Å². The Balaban J connectivity index is 1.52. The van der Waals surface area contributed by atoms with Gasteiger partial charge in [0.25, 0.3) is 5.56 Å². The molecule has 1 amide bonds. The third-order valence-corrected chi connectivity index (χ3v) is 6.27. The zero-order valence-electron chi connectivity index (χ0n) is 16.5. The fourth-order valence-electron chi connectivity index (χ4n) is 4.81. The second-order valence-corrected chi connectivity index (χ2v) is 8.07. The second-order valence-electron chi connectivity index (χ2n) is 8.07. The van der Waals surface area contributed by atoms with E-state index in [0.29, 0.717) is 34.7 Å². The third kappa shape index (κ3) is 3.86. The van der Waals surface area contributed by atoms with Crippen LogP contribution in [-0.4, -0.2) is 38.3 Å². The van der Waals surface area contributed by atoms with Crippen molar-refractivity contribution in [2.45, 2.75) is 64.3 Å². The first-order valence-electron chi connectivity index (χ1n) is 10.4. The minimum atomic E-state index is -0.241. The number of hydrogen-bond donors (Lipinski definition) is 1. The highest BCUT2D eigenvalue weighted by atomic mass is 16.2. The first kappa shape index (κ1) is 18.8. The van der Waals surface area contributed by atoms with Crippen LogP contribution in [-0.2, 0) is 11.2 Å². The molecule has 1 atom stereocenters. The number of amides is 1. The smallest absolute Gasteiger partial charge is 0.255 e. The van der Waals surface area contributed by atoms with Crippen molar-refractivity contribution >= 4 is 5.91 Å². The Hall–Kier alpha value is -2.50. The van der Waals surface area contributed by atoms with Gasteiger partial charge in [-0.2, -0.15) is 0 Å². The van der Waals surface area contributed by atoms with Crippen molar-refractivity contribution in [2.75, 3.05) is 6.54 Å². The number of carbonyl (C=O) groups excluding carboxylic acids is 1. The molecule has 1 aliphatic heterocycles. The van der Waals surface area contributed by atoms with E-state index in [1.807, 2.05) is 23.1 Å². The van der Waals surface area contributed by atoms with E-state index >= 15 is 0 Å². The molecule has 6 nitrogen and oxygen atoms in total. The number of aromatic amines is 1. The molecule has 0 radical (unpaired) electrons. The molecular formula is C22H28N4O2. The van der Waals surface area contributed by atoms with Crippen molar-refractivity contribution in [1.82, 2.24) is 19.9 Å². The zero-order chi connectivity index (χ0) is 19.5. The van der Waals surface area contributed by atoms with Crippen LogP contribution >= 0.6 is 0 Å². The van der Waals surface area contributed by atoms with Gasteiger partial charge in [0.05, 0.1) is 6.42 Å². The van der Waals surface area contributed by atoms with Crippen LogP contribution < -0.4 is 5.56 Å². The lowest BCUT2D eigenvalue weighted by Gasteiger charge is -2.34. The van der Waals surface area contributed by atoms with Gasteiger partial charge in [0, 0.05) is 30.0 Å². The topological polar surface area (TPSA) is 79.0 Å². The molecule has 3 heterocycles. The average Bonchev–Trinajstić information content (AvgIpc) is 3.22. The van der Waals surface area contributed by atoms with Gasteiger partial charge in [0.1, 0.15) is 5.69 Å². The van der Waals surface area contributed by atoms with Gasteiger partial charge in [-0.3, -0.25) is 14.6 Å². The number of hydrogen-bond acceptors (Lipinski definition) is 4. The molecule has 6 heteroatoms. The minimum absolute atomic E-state index is 0.0639. The van der Waals surface area contributed by atoms with E-state index in [1.54, 1.807) is 13.1 Å². The van der Waals surface area contributed by atoms with Gasteiger partial charge in [-0.1, -0.05) is 25.3 Å². The molecule has 0 bridgehead atoms. The molecular weight excluding hydrogens is 352 g/mol. The summed E-state index contributed by atoms with van der Waals surface area (Å²) in [7, 11) is 0. The van der Waals surface area contributed by atoms with Gasteiger partial charge >= 0.3 is 0 Å². The van der Waals surface area contributed by atoms with E-state index in [4.69, 9.17) is 0 Å². The number of aryl methyl sites for hydroxylation is 1. The normalized spacial score (nSPS) is 20.5. The van der Waals surface area contributed by atoms with Crippen molar-refractivity contribution in [1.29, 1.82) is 0 Å². The van der Waals surface area contributed by atoms with Crippen molar-refractivity contribution in [2.24, 2.45) is 5.92 Å². The van der Waals surface area contributed by atoms with Gasteiger partial charge in [-0.25, -0.2) is 4.98 Å². The number of H-pyrrole nitrogens is 1. The van der Waals surface area contributed by atoms with Crippen LogP contribution in [0, 0.1) is 12.8 Å². The molecule has 2 aromatic heterocycles. The molecule has 2 aliphatic rings. The monoisotopic (exact) mass is 380 g/mol. The fraction of sp³-hybridized carbons (Fsp3) is 0.545. The highest BCUT2D eigenvalue weighted by Crippen LogP contribution is 2.34. The van der Waals surface area contributed by atoms with Crippen molar-refractivity contribution in [3.8, 4) is 11.5 Å². The first-order chi connectivity index (χ1) is 13.6. The Kier molecular flexibility index (Phi) is 5.55. The Morgan fingerprint density at radius 3 is 2.71 bits per heavy atom. The Morgan fingerprint density at radius 2 is 2.00 bits per heavy atom. The number of nitrogens with one attached hydrogen (secondary N) is 1. The Morgan fingerprint density at radius 1 is 1.18 bits per heavy atom. The summed E-state index contributed by atoms with van der Waals surface area (Å²) in [6, 6.07) is 5.84. The maximum atomic E-state index is 13.1. The molecule has 28 heavy (non-hydrogen) atoms. The molecule has 0 spiro atoms. The predicted octanol–water partition coefficient (Wildman–Crippen LogP) is 3.25. The number of pyridine rings is 1. The molecule has 0 unspecified atom stereocenters. The van der Waals surface area contributed by atoms with E-state index < -0.39 is 0 Å². The molecule has 1 aliphatic carbocycles. The minimum Gasteiger partial charge on any atom is -0.339 e. The van der Waals surface area contributed by atoms with E-state index in [-0.39, 0.29) is 17.9 Å². The standard InChI is InChI=1S/C22H28N4O2/c1-15-17(22(28)25-21(24-15)18-10-5-6-12-23-18)14-20(27)26-13-7-11-19(26)16-8-3-2-4-9-16/h5-6,10,12,16,19H,2-4,7-9,11,13-14H2,1H3,(H,24,25,28)/t19-/m0/s1. The number of nitrogens with zero attached hydrogens (tertiary/aromatic N) is 3. The van der Waals surface area contributed by atoms with Crippen LogP contribution in [0.5, 0.6) is 0 Å². The lowest BCUT2D eigenvalue weighted by Crippen LogP contribution is -2.42. The van der Waals surface area contributed by atoms with Crippen LogP contribution in [0.1, 0.15) is 56.2 Å². The fourth-order valence-corrected chi connectivity index (χ4v) is 4.81. The molecule has 0 aromatic carbocycles. The van der Waals surface area contributed by atoms with E-state index in [0.717, 1.165) is 19.4 Å². The summed E-state index contributed by atoms with van der Waals surface area (Å²) < 4.78 is 0. The molecule has 2 aromatic rings.